The Bertz CT molecular complexity index is 387. The molecule has 3 fully saturated rings. The van der Waals surface area contributed by atoms with Crippen LogP contribution in [0, 0.1) is 29.6 Å². The predicted molar refractivity (Wildman–Crippen MR) is 75.0 cm³/mol. The average molecular weight is 279 g/mol. The average Bonchev–Trinajstić information content (AvgIpc) is 3.08. The summed E-state index contributed by atoms with van der Waals surface area (Å²) in [7, 11) is 0. The molecule has 2 N–H and O–H groups in total. The van der Waals surface area contributed by atoms with Gasteiger partial charge in [0.25, 0.3) is 0 Å². The molecular weight excluding hydrogens is 254 g/mol. The molecule has 0 aromatic carbocycles. The van der Waals surface area contributed by atoms with Gasteiger partial charge in [0.1, 0.15) is 0 Å². The van der Waals surface area contributed by atoms with Gasteiger partial charge in [-0.1, -0.05) is 6.42 Å². The summed E-state index contributed by atoms with van der Waals surface area (Å²) in [5.41, 5.74) is 0. The third-order valence-electron chi connectivity index (χ3n) is 5.84. The first kappa shape index (κ1) is 13.9. The number of nitrogens with one attached hydrogen (secondary N) is 1. The number of carbonyl (C=O) groups is 2. The van der Waals surface area contributed by atoms with Gasteiger partial charge in [0.2, 0.25) is 5.91 Å². The topological polar surface area (TPSA) is 66.4 Å². The van der Waals surface area contributed by atoms with Crippen molar-refractivity contribution < 1.29 is 14.7 Å². The molecule has 0 saturated heterocycles. The second kappa shape index (κ2) is 5.74. The van der Waals surface area contributed by atoms with Gasteiger partial charge in [-0.2, -0.15) is 0 Å². The van der Waals surface area contributed by atoms with Gasteiger partial charge in [0, 0.05) is 12.5 Å². The minimum absolute atomic E-state index is 0.160. The van der Waals surface area contributed by atoms with E-state index < -0.39 is 5.97 Å². The Hall–Kier alpha value is -1.06. The van der Waals surface area contributed by atoms with Crippen LogP contribution in [0.15, 0.2) is 0 Å². The van der Waals surface area contributed by atoms with Crippen molar-refractivity contribution in [2.24, 2.45) is 29.6 Å². The van der Waals surface area contributed by atoms with E-state index in [1.54, 1.807) is 0 Å². The van der Waals surface area contributed by atoms with E-state index in [0.29, 0.717) is 11.8 Å². The highest BCUT2D eigenvalue weighted by Crippen LogP contribution is 2.48. The van der Waals surface area contributed by atoms with Gasteiger partial charge < -0.3 is 10.4 Å². The second-order valence-electron chi connectivity index (χ2n) is 7.08. The number of rotatable bonds is 4. The number of carboxylic acid groups (broad SMARTS) is 1. The van der Waals surface area contributed by atoms with Gasteiger partial charge in [-0.15, -0.1) is 0 Å². The van der Waals surface area contributed by atoms with Crippen molar-refractivity contribution in [3.05, 3.63) is 0 Å². The van der Waals surface area contributed by atoms with Gasteiger partial charge >= 0.3 is 5.97 Å². The summed E-state index contributed by atoms with van der Waals surface area (Å²) in [4.78, 5) is 23.1. The van der Waals surface area contributed by atoms with Crippen LogP contribution in [-0.2, 0) is 9.59 Å². The summed E-state index contributed by atoms with van der Waals surface area (Å²) in [5.74, 6) is 1.64. The molecule has 4 heteroatoms. The zero-order valence-electron chi connectivity index (χ0n) is 12.0. The van der Waals surface area contributed by atoms with E-state index in [1.165, 1.54) is 19.3 Å². The number of hydrogen-bond acceptors (Lipinski definition) is 2. The van der Waals surface area contributed by atoms with E-state index in [-0.39, 0.29) is 17.7 Å². The highest BCUT2D eigenvalue weighted by atomic mass is 16.4. The highest BCUT2D eigenvalue weighted by molar-refractivity contribution is 5.79. The number of fused-ring (bicyclic) bond motifs is 2. The SMILES string of the molecule is O=C(O)C1CCC(CNC(=O)C2CC3CCC2C3)CC1. The van der Waals surface area contributed by atoms with Crippen LogP contribution in [0.3, 0.4) is 0 Å². The molecule has 20 heavy (non-hydrogen) atoms. The van der Waals surface area contributed by atoms with Crippen molar-refractivity contribution >= 4 is 11.9 Å². The van der Waals surface area contributed by atoms with Crippen LogP contribution in [0.25, 0.3) is 0 Å². The first-order valence-electron chi connectivity index (χ1n) is 8.14. The van der Waals surface area contributed by atoms with E-state index in [2.05, 4.69) is 5.32 Å². The summed E-state index contributed by atoms with van der Waals surface area (Å²) >= 11 is 0. The maximum absolute atomic E-state index is 12.2. The second-order valence-corrected chi connectivity index (χ2v) is 7.08. The van der Waals surface area contributed by atoms with E-state index in [1.807, 2.05) is 0 Å². The fourth-order valence-electron chi connectivity index (χ4n) is 4.56. The maximum atomic E-state index is 12.2. The van der Waals surface area contributed by atoms with Crippen molar-refractivity contribution in [3.8, 4) is 0 Å². The third-order valence-corrected chi connectivity index (χ3v) is 5.84. The first-order valence-corrected chi connectivity index (χ1v) is 8.14. The molecule has 0 heterocycles. The molecule has 3 aliphatic carbocycles. The molecule has 0 spiro atoms. The van der Waals surface area contributed by atoms with Gasteiger partial charge in [-0.3, -0.25) is 9.59 Å². The molecule has 3 atom stereocenters. The molecule has 0 aromatic rings. The third kappa shape index (κ3) is 2.84. The Morgan fingerprint density at radius 1 is 1.00 bits per heavy atom. The predicted octanol–water partition coefficient (Wildman–Crippen LogP) is 2.43. The van der Waals surface area contributed by atoms with Crippen LogP contribution in [0.1, 0.15) is 51.4 Å². The molecule has 0 radical (unpaired) electrons. The number of amides is 1. The zero-order chi connectivity index (χ0) is 14.1. The molecule has 0 aromatic heterocycles. The van der Waals surface area contributed by atoms with Crippen molar-refractivity contribution in [1.29, 1.82) is 0 Å². The fourth-order valence-corrected chi connectivity index (χ4v) is 4.56. The largest absolute Gasteiger partial charge is 0.481 e. The molecule has 2 bridgehead atoms. The van der Waals surface area contributed by atoms with Crippen LogP contribution < -0.4 is 5.32 Å². The van der Waals surface area contributed by atoms with Gasteiger partial charge in [-0.05, 0) is 62.7 Å². The quantitative estimate of drug-likeness (QED) is 0.830. The van der Waals surface area contributed by atoms with E-state index in [4.69, 9.17) is 5.11 Å². The monoisotopic (exact) mass is 279 g/mol. The first-order chi connectivity index (χ1) is 9.63. The lowest BCUT2D eigenvalue weighted by atomic mass is 9.82. The Balaban J connectivity index is 1.40. The molecular formula is C16H25NO3. The summed E-state index contributed by atoms with van der Waals surface area (Å²) in [5, 5.41) is 12.1. The zero-order valence-corrected chi connectivity index (χ0v) is 12.0. The van der Waals surface area contributed by atoms with Crippen molar-refractivity contribution in [2.75, 3.05) is 6.54 Å². The smallest absolute Gasteiger partial charge is 0.306 e. The highest BCUT2D eigenvalue weighted by Gasteiger charge is 2.43. The summed E-state index contributed by atoms with van der Waals surface area (Å²) in [6, 6.07) is 0. The summed E-state index contributed by atoms with van der Waals surface area (Å²) < 4.78 is 0. The maximum Gasteiger partial charge on any atom is 0.306 e. The number of carbonyl (C=O) groups excluding carboxylic acids is 1. The minimum Gasteiger partial charge on any atom is -0.481 e. The molecule has 112 valence electrons. The molecule has 4 nitrogen and oxygen atoms in total. The summed E-state index contributed by atoms with van der Waals surface area (Å²) in [6.45, 7) is 0.749. The Morgan fingerprint density at radius 3 is 2.30 bits per heavy atom. The lowest BCUT2D eigenvalue weighted by Gasteiger charge is -2.27. The lowest BCUT2D eigenvalue weighted by Crippen LogP contribution is -2.37. The molecule has 3 aliphatic rings. The van der Waals surface area contributed by atoms with Crippen LogP contribution in [-0.4, -0.2) is 23.5 Å². The molecule has 3 unspecified atom stereocenters. The molecule has 3 saturated carbocycles. The van der Waals surface area contributed by atoms with Crippen LogP contribution in [0.5, 0.6) is 0 Å². The van der Waals surface area contributed by atoms with E-state index in [9.17, 15) is 9.59 Å². The van der Waals surface area contributed by atoms with Crippen LogP contribution >= 0.6 is 0 Å². The number of hydrogen-bond donors (Lipinski definition) is 2. The number of carboxylic acids is 1. The Morgan fingerprint density at radius 2 is 1.75 bits per heavy atom. The van der Waals surface area contributed by atoms with Gasteiger partial charge in [0.15, 0.2) is 0 Å². The van der Waals surface area contributed by atoms with E-state index >= 15 is 0 Å². The molecule has 3 rings (SSSR count). The summed E-state index contributed by atoms with van der Waals surface area (Å²) in [6.07, 6.45) is 8.35. The van der Waals surface area contributed by atoms with Gasteiger partial charge in [0.05, 0.1) is 5.92 Å². The van der Waals surface area contributed by atoms with E-state index in [0.717, 1.165) is 44.6 Å². The standard InChI is InChI=1S/C16H25NO3/c18-15(14-8-11-3-6-13(14)7-11)17-9-10-1-4-12(5-2-10)16(19)20/h10-14H,1-9H2,(H,17,18)(H,19,20). The van der Waals surface area contributed by atoms with Crippen LogP contribution in [0.4, 0.5) is 0 Å². The van der Waals surface area contributed by atoms with Crippen molar-refractivity contribution in [2.45, 2.75) is 51.4 Å². The normalized spacial score (nSPS) is 39.7. The fraction of sp³-hybridized carbons (Fsp3) is 0.875. The number of aliphatic carboxylic acids is 1. The van der Waals surface area contributed by atoms with Gasteiger partial charge in [-0.25, -0.2) is 0 Å². The molecule has 0 aliphatic heterocycles. The van der Waals surface area contributed by atoms with Crippen LogP contribution in [0.2, 0.25) is 0 Å². The lowest BCUT2D eigenvalue weighted by molar-refractivity contribution is -0.143. The van der Waals surface area contributed by atoms with Crippen molar-refractivity contribution in [1.82, 2.24) is 5.32 Å². The minimum atomic E-state index is -0.658. The Labute approximate surface area is 120 Å². The van der Waals surface area contributed by atoms with Crippen molar-refractivity contribution in [3.63, 3.8) is 0 Å². The molecule has 1 amide bonds. The Kier molecular flexibility index (Phi) is 3.99.